The van der Waals surface area contributed by atoms with Crippen LogP contribution in [0.3, 0.4) is 0 Å². The van der Waals surface area contributed by atoms with E-state index in [0.29, 0.717) is 12.6 Å². The molecule has 2 nitrogen and oxygen atoms in total. The van der Waals surface area contributed by atoms with Gasteiger partial charge < -0.3 is 10.4 Å². The smallest absolute Gasteiger partial charge is 0.0922 e. The van der Waals surface area contributed by atoms with E-state index >= 15 is 0 Å². The minimum atomic E-state index is -0.347. The van der Waals surface area contributed by atoms with E-state index in [1.807, 2.05) is 16.8 Å². The van der Waals surface area contributed by atoms with Crippen LogP contribution in [0.15, 0.2) is 16.8 Å². The molecular formula is C13H21NOS. The van der Waals surface area contributed by atoms with Crippen LogP contribution in [0, 0.1) is 5.92 Å². The summed E-state index contributed by atoms with van der Waals surface area (Å²) < 4.78 is 0. The Kier molecular flexibility index (Phi) is 4.38. The molecular weight excluding hydrogens is 218 g/mol. The van der Waals surface area contributed by atoms with Crippen molar-refractivity contribution in [2.45, 2.75) is 44.8 Å². The summed E-state index contributed by atoms with van der Waals surface area (Å²) in [5.74, 6) is 0.753. The van der Waals surface area contributed by atoms with Gasteiger partial charge in [0.25, 0.3) is 0 Å². The summed E-state index contributed by atoms with van der Waals surface area (Å²) in [7, 11) is 0. The predicted octanol–water partition coefficient (Wildman–Crippen LogP) is 2.95. The molecule has 1 saturated carbocycles. The van der Waals surface area contributed by atoms with Crippen LogP contribution in [-0.4, -0.2) is 17.7 Å². The van der Waals surface area contributed by atoms with Gasteiger partial charge in [0.2, 0.25) is 0 Å². The Morgan fingerprint density at radius 3 is 3.00 bits per heavy atom. The molecule has 16 heavy (non-hydrogen) atoms. The first-order chi connectivity index (χ1) is 7.77. The molecule has 0 aromatic carbocycles. The van der Waals surface area contributed by atoms with Crippen LogP contribution in [0.1, 0.15) is 44.3 Å². The third kappa shape index (κ3) is 3.06. The van der Waals surface area contributed by atoms with E-state index < -0.39 is 0 Å². The predicted molar refractivity (Wildman–Crippen MR) is 68.7 cm³/mol. The molecule has 0 radical (unpaired) electrons. The van der Waals surface area contributed by atoms with Crippen molar-refractivity contribution in [2.24, 2.45) is 5.92 Å². The average Bonchev–Trinajstić information content (AvgIpc) is 2.81. The van der Waals surface area contributed by atoms with Crippen LogP contribution < -0.4 is 5.32 Å². The van der Waals surface area contributed by atoms with Gasteiger partial charge in [-0.05, 0) is 41.1 Å². The average molecular weight is 239 g/mol. The fourth-order valence-electron chi connectivity index (χ4n) is 2.46. The molecule has 0 amide bonds. The zero-order chi connectivity index (χ0) is 11.4. The molecule has 3 atom stereocenters. The van der Waals surface area contributed by atoms with E-state index in [0.717, 1.165) is 11.5 Å². The van der Waals surface area contributed by atoms with Crippen molar-refractivity contribution in [3.05, 3.63) is 22.4 Å². The van der Waals surface area contributed by atoms with Gasteiger partial charge in [0, 0.05) is 12.6 Å². The molecule has 0 spiro atoms. The van der Waals surface area contributed by atoms with Gasteiger partial charge >= 0.3 is 0 Å². The van der Waals surface area contributed by atoms with Gasteiger partial charge in [0.1, 0.15) is 0 Å². The first-order valence-corrected chi connectivity index (χ1v) is 7.15. The highest BCUT2D eigenvalue weighted by Gasteiger charge is 2.21. The lowest BCUT2D eigenvalue weighted by atomic mass is 9.86. The molecule has 0 aliphatic heterocycles. The molecule has 1 aromatic heterocycles. The third-order valence-electron chi connectivity index (χ3n) is 3.61. The summed E-state index contributed by atoms with van der Waals surface area (Å²) in [6.07, 6.45) is 4.94. The molecule has 1 heterocycles. The van der Waals surface area contributed by atoms with Crippen molar-refractivity contribution in [3.63, 3.8) is 0 Å². The number of hydrogen-bond acceptors (Lipinski definition) is 3. The molecule has 1 aliphatic rings. The minimum absolute atomic E-state index is 0.347. The summed E-state index contributed by atoms with van der Waals surface area (Å²) in [5, 5.41) is 17.5. The van der Waals surface area contributed by atoms with Crippen LogP contribution in [0.2, 0.25) is 0 Å². The van der Waals surface area contributed by atoms with E-state index in [2.05, 4.69) is 12.2 Å². The third-order valence-corrected chi connectivity index (χ3v) is 4.31. The number of aliphatic hydroxyl groups is 1. The Morgan fingerprint density at radius 2 is 2.31 bits per heavy atom. The second-order valence-electron chi connectivity index (χ2n) is 4.85. The second-order valence-corrected chi connectivity index (χ2v) is 5.63. The number of aliphatic hydroxyl groups excluding tert-OH is 1. The Bertz CT molecular complexity index is 299. The lowest BCUT2D eigenvalue weighted by molar-refractivity contribution is 0.158. The molecule has 90 valence electrons. The molecule has 1 fully saturated rings. The Morgan fingerprint density at radius 1 is 1.50 bits per heavy atom. The summed E-state index contributed by atoms with van der Waals surface area (Å²) in [4.78, 5) is 0. The lowest BCUT2D eigenvalue weighted by Crippen LogP contribution is -2.39. The highest BCUT2D eigenvalue weighted by Crippen LogP contribution is 2.24. The van der Waals surface area contributed by atoms with Gasteiger partial charge in [-0.2, -0.15) is 11.3 Å². The van der Waals surface area contributed by atoms with E-state index in [4.69, 9.17) is 0 Å². The van der Waals surface area contributed by atoms with Crippen molar-refractivity contribution < 1.29 is 5.11 Å². The van der Waals surface area contributed by atoms with Crippen molar-refractivity contribution >= 4 is 11.3 Å². The van der Waals surface area contributed by atoms with Gasteiger partial charge in [0.05, 0.1) is 6.10 Å². The van der Waals surface area contributed by atoms with Crippen molar-refractivity contribution in [3.8, 4) is 0 Å². The minimum Gasteiger partial charge on any atom is -0.387 e. The maximum atomic E-state index is 9.97. The second kappa shape index (κ2) is 5.80. The Hall–Kier alpha value is -0.380. The number of rotatable bonds is 4. The van der Waals surface area contributed by atoms with E-state index in [1.54, 1.807) is 11.3 Å². The molecule has 3 unspecified atom stereocenters. The maximum Gasteiger partial charge on any atom is 0.0922 e. The highest BCUT2D eigenvalue weighted by molar-refractivity contribution is 7.07. The molecule has 1 aromatic rings. The van der Waals surface area contributed by atoms with Gasteiger partial charge in [-0.15, -0.1) is 0 Å². The summed E-state index contributed by atoms with van der Waals surface area (Å²) in [6.45, 7) is 3.00. The van der Waals surface area contributed by atoms with Crippen LogP contribution in [0.4, 0.5) is 0 Å². The van der Waals surface area contributed by atoms with Crippen molar-refractivity contribution in [2.75, 3.05) is 6.54 Å². The van der Waals surface area contributed by atoms with Crippen LogP contribution >= 0.6 is 11.3 Å². The highest BCUT2D eigenvalue weighted by atomic mass is 32.1. The number of thiophene rings is 1. The van der Waals surface area contributed by atoms with Crippen LogP contribution in [0.5, 0.6) is 0 Å². The van der Waals surface area contributed by atoms with Gasteiger partial charge in [0.15, 0.2) is 0 Å². The van der Waals surface area contributed by atoms with Crippen LogP contribution in [-0.2, 0) is 0 Å². The molecule has 1 aliphatic carbocycles. The summed E-state index contributed by atoms with van der Waals surface area (Å²) in [5.41, 5.74) is 1.04. The van der Waals surface area contributed by atoms with Crippen molar-refractivity contribution in [1.29, 1.82) is 0 Å². The lowest BCUT2D eigenvalue weighted by Gasteiger charge is -2.30. The number of hydrogen-bond donors (Lipinski definition) is 2. The monoisotopic (exact) mass is 239 g/mol. The SMILES string of the molecule is CC1CCCCC1NCC(O)c1ccsc1. The van der Waals surface area contributed by atoms with Gasteiger partial charge in [-0.25, -0.2) is 0 Å². The van der Waals surface area contributed by atoms with E-state index in [9.17, 15) is 5.11 Å². The first kappa shape index (κ1) is 12.1. The maximum absolute atomic E-state index is 9.97. The fourth-order valence-corrected chi connectivity index (χ4v) is 3.17. The Labute approximate surface area is 102 Å². The Balaban J connectivity index is 1.78. The normalized spacial score (nSPS) is 27.9. The zero-order valence-electron chi connectivity index (χ0n) is 9.86. The topological polar surface area (TPSA) is 32.3 Å². The van der Waals surface area contributed by atoms with E-state index in [1.165, 1.54) is 25.7 Å². The quantitative estimate of drug-likeness (QED) is 0.846. The van der Waals surface area contributed by atoms with Crippen LogP contribution in [0.25, 0.3) is 0 Å². The summed E-state index contributed by atoms with van der Waals surface area (Å²) >= 11 is 1.64. The van der Waals surface area contributed by atoms with Gasteiger partial charge in [-0.3, -0.25) is 0 Å². The fraction of sp³-hybridized carbons (Fsp3) is 0.692. The standard InChI is InChI=1S/C13H21NOS/c1-10-4-2-3-5-12(10)14-8-13(15)11-6-7-16-9-11/h6-7,9-10,12-15H,2-5,8H2,1H3. The molecule has 2 N–H and O–H groups in total. The first-order valence-electron chi connectivity index (χ1n) is 6.21. The molecule has 2 rings (SSSR count). The van der Waals surface area contributed by atoms with Crippen molar-refractivity contribution in [1.82, 2.24) is 5.32 Å². The molecule has 0 bridgehead atoms. The number of nitrogens with one attached hydrogen (secondary N) is 1. The molecule has 3 heteroatoms. The largest absolute Gasteiger partial charge is 0.387 e. The zero-order valence-corrected chi connectivity index (χ0v) is 10.7. The molecule has 0 saturated heterocycles. The van der Waals surface area contributed by atoms with E-state index in [-0.39, 0.29) is 6.10 Å². The summed E-state index contributed by atoms with van der Waals surface area (Å²) in [6, 6.07) is 2.60. The van der Waals surface area contributed by atoms with Gasteiger partial charge in [-0.1, -0.05) is 19.8 Å².